The van der Waals surface area contributed by atoms with Gasteiger partial charge in [-0.05, 0) is 43.4 Å². The Morgan fingerprint density at radius 2 is 1.69 bits per heavy atom. The van der Waals surface area contributed by atoms with Gasteiger partial charge in [0, 0.05) is 11.8 Å². The van der Waals surface area contributed by atoms with Crippen molar-refractivity contribution in [3.05, 3.63) is 0 Å². The smallest absolute Gasteiger partial charge is 0.0223 e. The van der Waals surface area contributed by atoms with Crippen LogP contribution in [-0.2, 0) is 0 Å². The second kappa shape index (κ2) is 9.59. The van der Waals surface area contributed by atoms with Crippen molar-refractivity contribution >= 4 is 23.2 Å². The van der Waals surface area contributed by atoms with E-state index in [1.807, 2.05) is 0 Å². The minimum Gasteiger partial charge on any atom is -0.127 e. The van der Waals surface area contributed by atoms with E-state index in [0.29, 0.717) is 5.41 Å². The maximum atomic E-state index is 5.80. The molecule has 16 heavy (non-hydrogen) atoms. The molecule has 2 heteroatoms. The van der Waals surface area contributed by atoms with Gasteiger partial charge >= 0.3 is 0 Å². The number of halogens is 2. The predicted molar refractivity (Wildman–Crippen MR) is 76.7 cm³/mol. The molecule has 0 saturated heterocycles. The fourth-order valence-corrected chi connectivity index (χ4v) is 2.72. The molecule has 0 nitrogen and oxygen atoms in total. The lowest BCUT2D eigenvalue weighted by atomic mass is 9.74. The second-order valence-corrected chi connectivity index (χ2v) is 6.02. The second-order valence-electron chi connectivity index (χ2n) is 5.27. The summed E-state index contributed by atoms with van der Waals surface area (Å²) in [6.07, 6.45) is 8.76. The van der Waals surface area contributed by atoms with E-state index in [4.69, 9.17) is 23.2 Å². The van der Waals surface area contributed by atoms with Crippen LogP contribution in [0.2, 0.25) is 0 Å². The minimum absolute atomic E-state index is 0.488. The van der Waals surface area contributed by atoms with E-state index in [9.17, 15) is 0 Å². The zero-order chi connectivity index (χ0) is 12.4. The zero-order valence-corrected chi connectivity index (χ0v) is 12.7. The third-order valence-electron chi connectivity index (χ3n) is 3.87. The summed E-state index contributed by atoms with van der Waals surface area (Å²) in [4.78, 5) is 0. The van der Waals surface area contributed by atoms with Gasteiger partial charge in [0.05, 0.1) is 0 Å². The van der Waals surface area contributed by atoms with Crippen LogP contribution in [0, 0.1) is 11.3 Å². The first kappa shape index (κ1) is 16.6. The van der Waals surface area contributed by atoms with Gasteiger partial charge in [0.15, 0.2) is 0 Å². The first-order valence-corrected chi connectivity index (χ1v) is 7.80. The Labute approximate surface area is 112 Å². The monoisotopic (exact) mass is 266 g/mol. The highest BCUT2D eigenvalue weighted by molar-refractivity contribution is 6.18. The molecule has 0 radical (unpaired) electrons. The Morgan fingerprint density at radius 1 is 1.06 bits per heavy atom. The van der Waals surface area contributed by atoms with Crippen molar-refractivity contribution < 1.29 is 0 Å². The molecule has 0 rings (SSSR count). The summed E-state index contributed by atoms with van der Waals surface area (Å²) >= 11 is 11.6. The molecule has 0 heterocycles. The Balaban J connectivity index is 4.12. The van der Waals surface area contributed by atoms with E-state index >= 15 is 0 Å². The van der Waals surface area contributed by atoms with Crippen LogP contribution in [0.25, 0.3) is 0 Å². The lowest BCUT2D eigenvalue weighted by molar-refractivity contribution is 0.200. The molecule has 0 aromatic rings. The average Bonchev–Trinajstić information content (AvgIpc) is 2.32. The molecule has 0 N–H and O–H groups in total. The van der Waals surface area contributed by atoms with Gasteiger partial charge in [-0.1, -0.05) is 33.6 Å². The molecule has 0 fully saturated rings. The van der Waals surface area contributed by atoms with Crippen molar-refractivity contribution in [3.63, 3.8) is 0 Å². The lowest BCUT2D eigenvalue weighted by Gasteiger charge is -2.32. The molecule has 2 atom stereocenters. The van der Waals surface area contributed by atoms with Gasteiger partial charge in [0.1, 0.15) is 0 Å². The fraction of sp³-hybridized carbons (Fsp3) is 1.00. The zero-order valence-electron chi connectivity index (χ0n) is 11.2. The molecule has 0 aliphatic heterocycles. The summed E-state index contributed by atoms with van der Waals surface area (Å²) in [6, 6.07) is 0. The SMILES string of the molecule is CCC(CCCCl)CC(C)(CC)CCCCl. The Kier molecular flexibility index (Phi) is 9.94. The molecular weight excluding hydrogens is 239 g/mol. The van der Waals surface area contributed by atoms with E-state index in [-0.39, 0.29) is 0 Å². The summed E-state index contributed by atoms with van der Waals surface area (Å²) in [5, 5.41) is 0. The van der Waals surface area contributed by atoms with Crippen molar-refractivity contribution in [1.29, 1.82) is 0 Å². The van der Waals surface area contributed by atoms with Gasteiger partial charge in [0.25, 0.3) is 0 Å². The molecule has 0 aliphatic carbocycles. The van der Waals surface area contributed by atoms with E-state index in [1.165, 1.54) is 32.1 Å². The largest absolute Gasteiger partial charge is 0.127 e. The molecular formula is C14H28Cl2. The van der Waals surface area contributed by atoms with Crippen molar-refractivity contribution in [2.75, 3.05) is 11.8 Å². The molecule has 0 aromatic carbocycles. The van der Waals surface area contributed by atoms with Crippen molar-refractivity contribution in [2.24, 2.45) is 11.3 Å². The minimum atomic E-state index is 0.488. The van der Waals surface area contributed by atoms with Crippen LogP contribution in [0.15, 0.2) is 0 Å². The maximum absolute atomic E-state index is 5.80. The number of hydrogen-bond acceptors (Lipinski definition) is 0. The van der Waals surface area contributed by atoms with Gasteiger partial charge < -0.3 is 0 Å². The molecule has 2 unspecified atom stereocenters. The highest BCUT2D eigenvalue weighted by Gasteiger charge is 2.24. The van der Waals surface area contributed by atoms with Gasteiger partial charge in [-0.15, -0.1) is 23.2 Å². The van der Waals surface area contributed by atoms with Crippen LogP contribution in [-0.4, -0.2) is 11.8 Å². The quantitative estimate of drug-likeness (QED) is 0.435. The van der Waals surface area contributed by atoms with Crippen LogP contribution in [0.3, 0.4) is 0 Å². The first-order valence-electron chi connectivity index (χ1n) is 6.73. The molecule has 98 valence electrons. The molecule has 0 bridgehead atoms. The van der Waals surface area contributed by atoms with Crippen LogP contribution in [0.4, 0.5) is 0 Å². The molecule has 0 spiro atoms. The highest BCUT2D eigenvalue weighted by atomic mass is 35.5. The fourth-order valence-electron chi connectivity index (χ4n) is 2.43. The van der Waals surface area contributed by atoms with Crippen molar-refractivity contribution in [2.45, 2.75) is 65.7 Å². The van der Waals surface area contributed by atoms with Crippen LogP contribution < -0.4 is 0 Å². The Bertz CT molecular complexity index is 159. The summed E-state index contributed by atoms with van der Waals surface area (Å²) in [6.45, 7) is 7.03. The van der Waals surface area contributed by atoms with Crippen molar-refractivity contribution in [3.8, 4) is 0 Å². The summed E-state index contributed by atoms with van der Waals surface area (Å²) in [7, 11) is 0. The van der Waals surface area contributed by atoms with Gasteiger partial charge in [-0.25, -0.2) is 0 Å². The standard InChI is InChI=1S/C14H28Cl2/c1-4-13(8-6-10-15)12-14(3,5-2)9-7-11-16/h13H,4-12H2,1-3H3. The number of alkyl halides is 2. The first-order chi connectivity index (χ1) is 7.61. The molecule has 0 aliphatic rings. The molecule has 0 aromatic heterocycles. The normalized spacial score (nSPS) is 17.1. The molecule has 0 saturated carbocycles. The van der Waals surface area contributed by atoms with Crippen molar-refractivity contribution in [1.82, 2.24) is 0 Å². The number of rotatable bonds is 10. The van der Waals surface area contributed by atoms with Crippen LogP contribution >= 0.6 is 23.2 Å². The average molecular weight is 267 g/mol. The highest BCUT2D eigenvalue weighted by Crippen LogP contribution is 2.37. The van der Waals surface area contributed by atoms with Crippen LogP contribution in [0.5, 0.6) is 0 Å². The maximum Gasteiger partial charge on any atom is 0.0223 e. The number of hydrogen-bond donors (Lipinski definition) is 0. The Morgan fingerprint density at radius 3 is 2.12 bits per heavy atom. The third kappa shape index (κ3) is 7.01. The van der Waals surface area contributed by atoms with E-state index in [2.05, 4.69) is 20.8 Å². The van der Waals surface area contributed by atoms with E-state index in [0.717, 1.165) is 30.5 Å². The summed E-state index contributed by atoms with van der Waals surface area (Å²) < 4.78 is 0. The summed E-state index contributed by atoms with van der Waals surface area (Å²) in [5.74, 6) is 2.45. The topological polar surface area (TPSA) is 0 Å². The third-order valence-corrected chi connectivity index (χ3v) is 4.41. The van der Waals surface area contributed by atoms with Gasteiger partial charge in [0.2, 0.25) is 0 Å². The van der Waals surface area contributed by atoms with Gasteiger partial charge in [-0.3, -0.25) is 0 Å². The predicted octanol–water partition coefficient (Wildman–Crippen LogP) is 5.86. The van der Waals surface area contributed by atoms with Gasteiger partial charge in [-0.2, -0.15) is 0 Å². The van der Waals surface area contributed by atoms with Crippen LogP contribution in [0.1, 0.15) is 65.7 Å². The Hall–Kier alpha value is 0.580. The molecule has 0 amide bonds. The van der Waals surface area contributed by atoms with E-state index < -0.39 is 0 Å². The summed E-state index contributed by atoms with van der Waals surface area (Å²) in [5.41, 5.74) is 0.488. The lowest BCUT2D eigenvalue weighted by Crippen LogP contribution is -2.20. The van der Waals surface area contributed by atoms with E-state index in [1.54, 1.807) is 0 Å².